The Kier molecular flexibility index (Phi) is 1.55. The van der Waals surface area contributed by atoms with Gasteiger partial charge in [0, 0.05) is 6.61 Å². The molecule has 0 radical (unpaired) electrons. The lowest BCUT2D eigenvalue weighted by Gasteiger charge is -2.13. The van der Waals surface area contributed by atoms with Crippen molar-refractivity contribution in [2.75, 3.05) is 6.61 Å². The Balaban J connectivity index is 2.42. The Morgan fingerprint density at radius 2 is 2.22 bits per heavy atom. The third-order valence-corrected chi connectivity index (χ3v) is 3.00. The van der Waals surface area contributed by atoms with Gasteiger partial charge in [-0.2, -0.15) is 0 Å². The van der Waals surface area contributed by atoms with Crippen molar-refractivity contribution < 1.29 is 5.11 Å². The van der Waals surface area contributed by atoms with Gasteiger partial charge in [-0.1, -0.05) is 20.8 Å². The number of aliphatic hydroxyl groups excluding tert-OH is 1. The van der Waals surface area contributed by atoms with E-state index in [4.69, 9.17) is 5.11 Å². The largest absolute Gasteiger partial charge is 0.396 e. The first-order valence-corrected chi connectivity index (χ1v) is 3.72. The van der Waals surface area contributed by atoms with Crippen molar-refractivity contribution in [1.82, 2.24) is 0 Å². The van der Waals surface area contributed by atoms with Gasteiger partial charge in [0.15, 0.2) is 0 Å². The molecule has 0 saturated heterocycles. The fraction of sp³-hybridized carbons (Fsp3) is 1.00. The summed E-state index contributed by atoms with van der Waals surface area (Å²) in [5.41, 5.74) is 0.467. The highest BCUT2D eigenvalue weighted by molar-refractivity contribution is 5.00. The molecule has 1 nitrogen and oxygen atoms in total. The summed E-state index contributed by atoms with van der Waals surface area (Å²) in [4.78, 5) is 0. The van der Waals surface area contributed by atoms with Gasteiger partial charge in [-0.3, -0.25) is 0 Å². The van der Waals surface area contributed by atoms with E-state index >= 15 is 0 Å². The first-order chi connectivity index (χ1) is 4.11. The van der Waals surface area contributed by atoms with Gasteiger partial charge in [0.2, 0.25) is 0 Å². The summed E-state index contributed by atoms with van der Waals surface area (Å²) >= 11 is 0. The zero-order valence-corrected chi connectivity index (χ0v) is 6.52. The van der Waals surface area contributed by atoms with E-state index in [1.54, 1.807) is 0 Å². The van der Waals surface area contributed by atoms with Gasteiger partial charge in [0.25, 0.3) is 0 Å². The topological polar surface area (TPSA) is 20.2 Å². The lowest BCUT2D eigenvalue weighted by Crippen LogP contribution is -2.08. The number of hydrogen-bond donors (Lipinski definition) is 1. The zero-order valence-electron chi connectivity index (χ0n) is 6.52. The summed E-state index contributed by atoms with van der Waals surface area (Å²) in [6.07, 6.45) is 1.22. The van der Waals surface area contributed by atoms with Gasteiger partial charge < -0.3 is 5.11 Å². The average Bonchev–Trinajstić information content (AvgIpc) is 2.44. The van der Waals surface area contributed by atoms with Crippen molar-refractivity contribution in [3.8, 4) is 0 Å². The van der Waals surface area contributed by atoms with E-state index in [1.165, 1.54) is 6.42 Å². The second kappa shape index (κ2) is 1.98. The Morgan fingerprint density at radius 3 is 2.33 bits per heavy atom. The summed E-state index contributed by atoms with van der Waals surface area (Å²) in [7, 11) is 0. The SMILES string of the molecule is CC(C)[C@]1(C)C[C@H]1CO. The van der Waals surface area contributed by atoms with Crippen LogP contribution in [0.25, 0.3) is 0 Å². The van der Waals surface area contributed by atoms with E-state index in [2.05, 4.69) is 20.8 Å². The van der Waals surface area contributed by atoms with E-state index in [-0.39, 0.29) is 0 Å². The van der Waals surface area contributed by atoms with Crippen LogP contribution in [-0.4, -0.2) is 11.7 Å². The molecule has 0 aromatic heterocycles. The number of hydrogen-bond acceptors (Lipinski definition) is 1. The fourth-order valence-electron chi connectivity index (χ4n) is 1.45. The fourth-order valence-corrected chi connectivity index (χ4v) is 1.45. The van der Waals surface area contributed by atoms with Gasteiger partial charge in [0.05, 0.1) is 0 Å². The standard InChI is InChI=1S/C8H16O/c1-6(2)8(3)4-7(8)5-9/h6-7,9H,4-5H2,1-3H3/t7-,8-/m0/s1. The van der Waals surface area contributed by atoms with E-state index in [0.717, 1.165) is 5.92 Å². The molecule has 0 aromatic rings. The van der Waals surface area contributed by atoms with Crippen LogP contribution in [0.5, 0.6) is 0 Å². The zero-order chi connectivity index (χ0) is 7.07. The van der Waals surface area contributed by atoms with Crippen LogP contribution in [0.15, 0.2) is 0 Å². The molecule has 1 rings (SSSR count). The minimum absolute atomic E-state index is 0.384. The van der Waals surface area contributed by atoms with E-state index in [0.29, 0.717) is 17.9 Å². The van der Waals surface area contributed by atoms with Crippen LogP contribution in [0, 0.1) is 17.3 Å². The molecule has 0 aliphatic heterocycles. The van der Waals surface area contributed by atoms with Crippen LogP contribution in [0.3, 0.4) is 0 Å². The highest BCUT2D eigenvalue weighted by Gasteiger charge is 2.51. The van der Waals surface area contributed by atoms with E-state index in [1.807, 2.05) is 0 Å². The van der Waals surface area contributed by atoms with Crippen molar-refractivity contribution in [3.63, 3.8) is 0 Å². The predicted molar refractivity (Wildman–Crippen MR) is 38.1 cm³/mol. The van der Waals surface area contributed by atoms with Crippen LogP contribution in [0.4, 0.5) is 0 Å². The van der Waals surface area contributed by atoms with Gasteiger partial charge in [-0.25, -0.2) is 0 Å². The molecule has 1 aliphatic carbocycles. The maximum atomic E-state index is 8.79. The molecule has 1 heteroatoms. The summed E-state index contributed by atoms with van der Waals surface area (Å²) in [5, 5.41) is 8.79. The smallest absolute Gasteiger partial charge is 0.0464 e. The maximum Gasteiger partial charge on any atom is 0.0464 e. The highest BCUT2D eigenvalue weighted by atomic mass is 16.3. The van der Waals surface area contributed by atoms with Crippen LogP contribution >= 0.6 is 0 Å². The summed E-state index contributed by atoms with van der Waals surface area (Å²) in [6.45, 7) is 7.11. The van der Waals surface area contributed by atoms with Crippen LogP contribution in [0.2, 0.25) is 0 Å². The molecule has 1 fully saturated rings. The molecule has 0 heterocycles. The molecule has 0 amide bonds. The Hall–Kier alpha value is -0.0400. The highest BCUT2D eigenvalue weighted by Crippen LogP contribution is 2.56. The monoisotopic (exact) mass is 128 g/mol. The molecule has 1 N–H and O–H groups in total. The van der Waals surface area contributed by atoms with Gasteiger partial charge in [-0.15, -0.1) is 0 Å². The molecule has 1 saturated carbocycles. The third kappa shape index (κ3) is 0.983. The van der Waals surface area contributed by atoms with Crippen molar-refractivity contribution in [2.45, 2.75) is 27.2 Å². The molecular weight excluding hydrogens is 112 g/mol. The Morgan fingerprint density at radius 1 is 1.67 bits per heavy atom. The molecule has 54 valence electrons. The van der Waals surface area contributed by atoms with Gasteiger partial charge in [-0.05, 0) is 23.7 Å². The first kappa shape index (κ1) is 7.07. The molecule has 2 atom stereocenters. The normalized spacial score (nSPS) is 41.7. The number of rotatable bonds is 2. The van der Waals surface area contributed by atoms with Crippen LogP contribution < -0.4 is 0 Å². The summed E-state index contributed by atoms with van der Waals surface area (Å²) in [6, 6.07) is 0. The van der Waals surface area contributed by atoms with Gasteiger partial charge in [0.1, 0.15) is 0 Å². The minimum Gasteiger partial charge on any atom is -0.396 e. The molecule has 1 aliphatic rings. The summed E-state index contributed by atoms with van der Waals surface area (Å²) < 4.78 is 0. The van der Waals surface area contributed by atoms with Gasteiger partial charge >= 0.3 is 0 Å². The van der Waals surface area contributed by atoms with Crippen molar-refractivity contribution in [3.05, 3.63) is 0 Å². The van der Waals surface area contributed by atoms with Crippen molar-refractivity contribution >= 4 is 0 Å². The maximum absolute atomic E-state index is 8.79. The molecular formula is C8H16O. The minimum atomic E-state index is 0.384. The van der Waals surface area contributed by atoms with Crippen LogP contribution in [0.1, 0.15) is 27.2 Å². The lowest BCUT2D eigenvalue weighted by atomic mass is 9.92. The molecule has 0 aromatic carbocycles. The Bertz CT molecular complexity index is 109. The molecule has 0 spiro atoms. The molecule has 0 unspecified atom stereocenters. The molecule has 0 bridgehead atoms. The second-order valence-corrected chi connectivity index (χ2v) is 3.74. The van der Waals surface area contributed by atoms with Crippen molar-refractivity contribution in [1.29, 1.82) is 0 Å². The quantitative estimate of drug-likeness (QED) is 0.599. The predicted octanol–water partition coefficient (Wildman–Crippen LogP) is 1.66. The average molecular weight is 128 g/mol. The molecule has 9 heavy (non-hydrogen) atoms. The van der Waals surface area contributed by atoms with Crippen LogP contribution in [-0.2, 0) is 0 Å². The Labute approximate surface area is 57.1 Å². The summed E-state index contributed by atoms with van der Waals surface area (Å²) in [5.74, 6) is 1.33. The number of aliphatic hydroxyl groups is 1. The van der Waals surface area contributed by atoms with E-state index in [9.17, 15) is 0 Å². The second-order valence-electron chi connectivity index (χ2n) is 3.74. The van der Waals surface area contributed by atoms with E-state index < -0.39 is 0 Å². The first-order valence-electron chi connectivity index (χ1n) is 3.72. The van der Waals surface area contributed by atoms with Crippen molar-refractivity contribution in [2.24, 2.45) is 17.3 Å². The third-order valence-electron chi connectivity index (χ3n) is 3.00. The lowest BCUT2D eigenvalue weighted by molar-refractivity contribution is 0.233.